The maximum absolute atomic E-state index is 7.57. The van der Waals surface area contributed by atoms with Crippen LogP contribution in [0, 0.1) is 0 Å². The molecule has 0 aromatic carbocycles. The zero-order valence-corrected chi connectivity index (χ0v) is 8.23. The van der Waals surface area contributed by atoms with Crippen LogP contribution in [0.3, 0.4) is 0 Å². The van der Waals surface area contributed by atoms with E-state index in [1.807, 2.05) is 0 Å². The van der Waals surface area contributed by atoms with E-state index >= 15 is 0 Å². The van der Waals surface area contributed by atoms with Gasteiger partial charge in [0.2, 0.25) is 0 Å². The number of unbranched alkanes of at least 4 members (excludes halogenated alkanes) is 1. The van der Waals surface area contributed by atoms with Gasteiger partial charge in [-0.3, -0.25) is 0 Å². The van der Waals surface area contributed by atoms with Gasteiger partial charge in [-0.15, -0.1) is 0 Å². The fraction of sp³-hybridized carbons (Fsp3) is 1.00. The quantitative estimate of drug-likeness (QED) is 0.710. The van der Waals surface area contributed by atoms with Gasteiger partial charge in [-0.1, -0.05) is 0 Å². The molecule has 0 atom stereocenters. The second kappa shape index (κ2) is 15.7. The van der Waals surface area contributed by atoms with Crippen LogP contribution in [0.2, 0.25) is 4.13 Å². The van der Waals surface area contributed by atoms with Crippen molar-refractivity contribution in [2.24, 2.45) is 0 Å². The van der Waals surface area contributed by atoms with Crippen molar-refractivity contribution in [2.75, 3.05) is 6.61 Å². The van der Waals surface area contributed by atoms with Crippen LogP contribution in [0.5, 0.6) is 0 Å². The summed E-state index contributed by atoms with van der Waals surface area (Å²) in [6, 6.07) is 0. The number of hydrogen-bond acceptors (Lipinski definition) is 1. The molecule has 0 aliphatic heterocycles. The molecule has 0 unspecified atom stereocenters. The Balaban J connectivity index is 0. The van der Waals surface area contributed by atoms with Crippen molar-refractivity contribution in [3.63, 3.8) is 0 Å². The van der Waals surface area contributed by atoms with Crippen LogP contribution < -0.4 is 0 Å². The molecule has 1 nitrogen and oxygen atoms in total. The van der Waals surface area contributed by atoms with Gasteiger partial charge in [0.25, 0.3) is 0 Å². The van der Waals surface area contributed by atoms with Gasteiger partial charge >= 0.3 is 48.6 Å². The monoisotopic (exact) mass is 193 g/mol. The van der Waals surface area contributed by atoms with E-state index in [1.165, 1.54) is 17.0 Å². The zero-order chi connectivity index (χ0) is 6.83. The molecule has 0 spiro atoms. The van der Waals surface area contributed by atoms with Crippen molar-refractivity contribution < 1.29 is 29.8 Å². The standard InChI is InChI=1S/C4H9.C2H6O.Zr/c1-3-4-2;1-2-3;/h1,3-4H2,2H3;3H,2H2,1H3;. The minimum absolute atomic E-state index is 0.250. The second-order valence-corrected chi connectivity index (χ2v) is 2.65. The smallest absolute Gasteiger partial charge is 0.0402 e. The topological polar surface area (TPSA) is 20.2 Å². The summed E-state index contributed by atoms with van der Waals surface area (Å²) in [7, 11) is 0. The molecule has 2 heteroatoms. The summed E-state index contributed by atoms with van der Waals surface area (Å²) in [4.78, 5) is 0. The maximum Gasteiger partial charge on any atom is 0.0402 e. The Hall–Kier alpha value is 0.843. The van der Waals surface area contributed by atoms with Crippen molar-refractivity contribution in [2.45, 2.75) is 30.8 Å². The first kappa shape index (κ1) is 11.6. The van der Waals surface area contributed by atoms with Crippen LogP contribution in [0.25, 0.3) is 0 Å². The summed E-state index contributed by atoms with van der Waals surface area (Å²) in [5, 5.41) is 7.57. The predicted octanol–water partition coefficient (Wildman–Crippen LogP) is 1.75. The maximum atomic E-state index is 7.57. The zero-order valence-electron chi connectivity index (χ0n) is 5.78. The number of rotatable bonds is 2. The third-order valence-electron chi connectivity index (χ3n) is 0.530. The third kappa shape index (κ3) is 28.9. The number of aliphatic hydroxyl groups excluding tert-OH is 1. The van der Waals surface area contributed by atoms with Crippen molar-refractivity contribution >= 4 is 0 Å². The summed E-state index contributed by atoms with van der Waals surface area (Å²) in [6.45, 7) is 4.16. The second-order valence-electron chi connectivity index (χ2n) is 1.42. The third-order valence-corrected chi connectivity index (χ3v) is 1.40. The average molecular weight is 194 g/mol. The fourth-order valence-electron chi connectivity index (χ4n) is 0.177. The van der Waals surface area contributed by atoms with E-state index in [0.717, 1.165) is 0 Å². The molecule has 0 fully saturated rings. The summed E-state index contributed by atoms with van der Waals surface area (Å²) in [5.41, 5.74) is 0. The van der Waals surface area contributed by atoms with E-state index in [-0.39, 0.29) is 6.61 Å². The molecule has 49 valence electrons. The summed E-state index contributed by atoms with van der Waals surface area (Å²) >= 11 is 1.68. The first-order valence-corrected chi connectivity index (χ1v) is 4.82. The molecule has 0 aliphatic rings. The number of hydrogen-bond donors (Lipinski definition) is 1. The van der Waals surface area contributed by atoms with Crippen LogP contribution in [0.4, 0.5) is 0 Å². The van der Waals surface area contributed by atoms with Gasteiger partial charge in [0, 0.05) is 6.61 Å². The molecule has 0 rings (SSSR count). The molecule has 0 aromatic rings. The SMILES string of the molecule is CCC[CH2][Zr].CCO. The molecular formula is C6H15OZr. The van der Waals surface area contributed by atoms with Gasteiger partial charge < -0.3 is 5.11 Å². The Bertz CT molecular complexity index is 22.5. The van der Waals surface area contributed by atoms with Crippen LogP contribution in [0.1, 0.15) is 26.7 Å². The molecule has 8 heavy (non-hydrogen) atoms. The Kier molecular flexibility index (Phi) is 22.7. The molecule has 0 aromatic heterocycles. The van der Waals surface area contributed by atoms with Gasteiger partial charge in [0.1, 0.15) is 0 Å². The van der Waals surface area contributed by atoms with Gasteiger partial charge in [0.05, 0.1) is 0 Å². The van der Waals surface area contributed by atoms with Crippen LogP contribution in [-0.2, 0) is 24.7 Å². The van der Waals surface area contributed by atoms with Gasteiger partial charge in [-0.2, -0.15) is 0 Å². The van der Waals surface area contributed by atoms with E-state index in [2.05, 4.69) is 6.92 Å². The van der Waals surface area contributed by atoms with Crippen molar-refractivity contribution in [1.82, 2.24) is 0 Å². The Labute approximate surface area is 67.3 Å². The molecule has 0 saturated heterocycles. The van der Waals surface area contributed by atoms with E-state index < -0.39 is 0 Å². The van der Waals surface area contributed by atoms with Crippen molar-refractivity contribution in [3.8, 4) is 0 Å². The van der Waals surface area contributed by atoms with E-state index in [0.29, 0.717) is 0 Å². The van der Waals surface area contributed by atoms with Gasteiger partial charge in [-0.05, 0) is 6.92 Å². The first-order chi connectivity index (χ1) is 3.83. The molecular weight excluding hydrogens is 179 g/mol. The predicted molar refractivity (Wildman–Crippen MR) is 32.5 cm³/mol. The van der Waals surface area contributed by atoms with Gasteiger partial charge in [-0.25, -0.2) is 0 Å². The van der Waals surface area contributed by atoms with Crippen molar-refractivity contribution in [1.29, 1.82) is 0 Å². The van der Waals surface area contributed by atoms with Crippen molar-refractivity contribution in [3.05, 3.63) is 0 Å². The van der Waals surface area contributed by atoms with Crippen LogP contribution >= 0.6 is 0 Å². The van der Waals surface area contributed by atoms with E-state index in [9.17, 15) is 0 Å². The molecule has 0 amide bonds. The number of aliphatic hydroxyl groups is 1. The molecule has 0 saturated carbocycles. The normalized spacial score (nSPS) is 7.25. The minimum Gasteiger partial charge on any atom is -0.397 e. The minimum atomic E-state index is 0.250. The average Bonchev–Trinajstić information content (AvgIpc) is 1.71. The largest absolute Gasteiger partial charge is 0.397 e. The molecule has 1 N–H and O–H groups in total. The summed E-state index contributed by atoms with van der Waals surface area (Å²) in [6.07, 6.45) is 2.80. The van der Waals surface area contributed by atoms with E-state index in [4.69, 9.17) is 5.11 Å². The summed E-state index contributed by atoms with van der Waals surface area (Å²) in [5.74, 6) is 0. The van der Waals surface area contributed by atoms with Crippen LogP contribution in [0.15, 0.2) is 0 Å². The Morgan fingerprint density at radius 1 is 1.38 bits per heavy atom. The van der Waals surface area contributed by atoms with E-state index in [1.54, 1.807) is 31.6 Å². The van der Waals surface area contributed by atoms with Gasteiger partial charge in [0.15, 0.2) is 0 Å². The molecule has 0 radical (unpaired) electrons. The molecule has 0 heterocycles. The summed E-state index contributed by atoms with van der Waals surface area (Å²) < 4.78 is 1.43. The molecule has 0 aliphatic carbocycles. The Morgan fingerprint density at radius 2 is 1.75 bits per heavy atom. The Morgan fingerprint density at radius 3 is 1.75 bits per heavy atom. The fourth-order valence-corrected chi connectivity index (χ4v) is 1.05. The van der Waals surface area contributed by atoms with Crippen LogP contribution in [-0.4, -0.2) is 11.7 Å². The first-order valence-electron chi connectivity index (χ1n) is 3.08. The molecule has 0 bridgehead atoms.